The molecule has 1 spiro atoms. The Morgan fingerprint density at radius 1 is 0.986 bits per heavy atom. The Morgan fingerprint density at radius 2 is 1.70 bits per heavy atom. The molecule has 71 heavy (non-hydrogen) atoms. The molecule has 0 radical (unpaired) electrons. The number of aryl methyl sites for hydroxylation is 1. The van der Waals surface area contributed by atoms with E-state index in [9.17, 15) is 32.4 Å². The lowest BCUT2D eigenvalue weighted by molar-refractivity contribution is -0.144. The van der Waals surface area contributed by atoms with Crippen LogP contribution in [-0.2, 0) is 46.5 Å². The van der Waals surface area contributed by atoms with Crippen LogP contribution in [0.3, 0.4) is 0 Å². The summed E-state index contributed by atoms with van der Waals surface area (Å²) in [5, 5.41) is 5.88. The first-order valence-corrected chi connectivity index (χ1v) is 26.4. The molecule has 6 aliphatic rings. The van der Waals surface area contributed by atoms with Gasteiger partial charge in [-0.25, -0.2) is 23.0 Å². The number of hydrogen-bond acceptors (Lipinski definition) is 12. The summed E-state index contributed by atoms with van der Waals surface area (Å²) in [4.78, 5) is 76.8. The van der Waals surface area contributed by atoms with Gasteiger partial charge in [-0.1, -0.05) is 38.8 Å². The van der Waals surface area contributed by atoms with Crippen LogP contribution in [0.5, 0.6) is 11.5 Å². The number of rotatable bonds is 8. The summed E-state index contributed by atoms with van der Waals surface area (Å²) in [6, 6.07) is 2.00. The molecule has 2 saturated carbocycles. The van der Waals surface area contributed by atoms with Crippen molar-refractivity contribution in [2.75, 3.05) is 19.6 Å². The predicted octanol–water partition coefficient (Wildman–Crippen LogP) is 7.23. The minimum absolute atomic E-state index is 0.0163. The molecule has 8 rings (SSSR count). The molecule has 4 fully saturated rings. The van der Waals surface area contributed by atoms with E-state index >= 15 is 13.2 Å². The van der Waals surface area contributed by atoms with Gasteiger partial charge in [0.05, 0.1) is 16.8 Å². The number of aromatic nitrogens is 1. The average Bonchev–Trinajstić information content (AvgIpc) is 4.18. The van der Waals surface area contributed by atoms with Crippen LogP contribution in [0.2, 0.25) is 0 Å². The highest BCUT2D eigenvalue weighted by molar-refractivity contribution is 7.91. The maximum atomic E-state index is 15.1. The number of benzene rings is 1. The zero-order valence-electron chi connectivity index (χ0n) is 41.5. The molecule has 0 unspecified atom stereocenters. The molecule has 3 N–H and O–H groups in total. The molecule has 2 aromatic rings. The van der Waals surface area contributed by atoms with E-state index in [-0.39, 0.29) is 61.8 Å². The highest BCUT2D eigenvalue weighted by Gasteiger charge is 2.64. The Morgan fingerprint density at radius 3 is 2.37 bits per heavy atom. The largest absolute Gasteiger partial charge is 0.490 e. The van der Waals surface area contributed by atoms with Crippen molar-refractivity contribution in [3.63, 3.8) is 0 Å². The fraction of sp³-hybridized carbons (Fsp3) is 0.680. The number of alkyl halides is 3. The van der Waals surface area contributed by atoms with Crippen molar-refractivity contribution >= 4 is 50.8 Å². The smallest absolute Gasteiger partial charge is 0.437 e. The van der Waals surface area contributed by atoms with Gasteiger partial charge in [-0.3, -0.25) is 19.1 Å². The Balaban J connectivity index is 1.11. The number of ether oxygens (including phenoxy) is 4. The third-order valence-corrected chi connectivity index (χ3v) is 17.1. The Labute approximate surface area is 412 Å². The van der Waals surface area contributed by atoms with Crippen LogP contribution >= 0.6 is 0 Å². The number of fused-ring (bicyclic) bond motifs is 5. The number of allylic oxidation sites excluding steroid dienone is 1. The highest BCUT2D eigenvalue weighted by Crippen LogP contribution is 2.51. The van der Waals surface area contributed by atoms with Gasteiger partial charge >= 0.3 is 18.4 Å². The van der Waals surface area contributed by atoms with Crippen molar-refractivity contribution in [1.82, 2.24) is 30.1 Å². The SMILES string of the molecule is CC(C)[C@H](C)OC(=O)N[C@H]1CCCCC/C=C\[C@@H]2C[C@@]2(C(=O)NS(=O)(=O)C2(C)CC2)NC(=O)[C@@H]2C[C@]3(CCc4c(c(C(F)(F)F)nc5ccc(OC6CCN(C(=O)OC(C)(C)C)CC6)cc45)O3)CN2C1=O. The molecule has 5 amide bonds. The number of carbonyl (C=O) groups excluding carboxylic acids is 5. The van der Waals surface area contributed by atoms with Crippen LogP contribution in [0, 0.1) is 11.8 Å². The summed E-state index contributed by atoms with van der Waals surface area (Å²) in [6.07, 6.45) is 0.692. The van der Waals surface area contributed by atoms with E-state index in [4.69, 9.17) is 18.9 Å². The molecule has 1 aromatic heterocycles. The van der Waals surface area contributed by atoms with E-state index in [1.54, 1.807) is 50.8 Å². The normalized spacial score (nSPS) is 28.0. The van der Waals surface area contributed by atoms with Gasteiger partial charge in [0.15, 0.2) is 11.4 Å². The molecule has 0 bridgehead atoms. The van der Waals surface area contributed by atoms with Crippen LogP contribution in [-0.4, -0.2) is 119 Å². The van der Waals surface area contributed by atoms with Crippen molar-refractivity contribution < 1.29 is 64.5 Å². The Kier molecular flexibility index (Phi) is 14.1. The van der Waals surface area contributed by atoms with Gasteiger partial charge in [0.1, 0.15) is 46.8 Å². The van der Waals surface area contributed by atoms with Crippen molar-refractivity contribution in [1.29, 1.82) is 0 Å². The number of sulfonamides is 1. The molecule has 21 heteroatoms. The van der Waals surface area contributed by atoms with Crippen LogP contribution in [0.25, 0.3) is 10.9 Å². The highest BCUT2D eigenvalue weighted by atomic mass is 32.2. The standard InChI is InChI=1S/C50H67F3N6O11S/c1-29(2)30(3)67-44(63)55-37-14-12-10-8-9-11-13-31-26-49(31,43(62)57-71(65,66)47(7)21-22-47)56-41(60)38-27-48(28-59(38)42(37)61)20-17-34-35-25-33(15-16-36(35)54-40(39(34)69-48)50(51,52)53)68-32-18-23-58(24-19-32)45(64)70-46(4,5)6/h11,13,15-16,25,29-32,37-38H,8-10,12,14,17-24,26-28H2,1-7H3,(H,55,63)(H,56,60)(H,57,62)/b13-11-/t30-,31+,37-,38-,48+,49+/m0/s1. The number of likely N-dealkylation sites (tertiary alicyclic amines) is 1. The van der Waals surface area contributed by atoms with Gasteiger partial charge in [-0.2, -0.15) is 13.2 Å². The molecular weight excluding hydrogens is 950 g/mol. The summed E-state index contributed by atoms with van der Waals surface area (Å²) in [7, 11) is -4.13. The molecule has 5 heterocycles. The van der Waals surface area contributed by atoms with Crippen LogP contribution in [0.1, 0.15) is 137 Å². The van der Waals surface area contributed by atoms with E-state index in [0.717, 1.165) is 0 Å². The number of alkyl carbamates (subject to hydrolysis) is 1. The molecule has 6 atom stereocenters. The average molecular weight is 1020 g/mol. The Hall–Kier alpha value is -5.34. The summed E-state index contributed by atoms with van der Waals surface area (Å²) >= 11 is 0. The second kappa shape index (κ2) is 19.3. The van der Waals surface area contributed by atoms with E-state index in [0.29, 0.717) is 75.6 Å². The van der Waals surface area contributed by atoms with Gasteiger partial charge in [0.2, 0.25) is 21.8 Å². The van der Waals surface area contributed by atoms with E-state index in [1.165, 1.54) is 17.9 Å². The lowest BCUT2D eigenvalue weighted by atomic mass is 9.87. The van der Waals surface area contributed by atoms with Crippen molar-refractivity contribution in [2.24, 2.45) is 11.8 Å². The Bertz CT molecular complexity index is 2570. The zero-order chi connectivity index (χ0) is 51.5. The van der Waals surface area contributed by atoms with Gasteiger partial charge in [0, 0.05) is 49.2 Å². The van der Waals surface area contributed by atoms with Crippen LogP contribution in [0.4, 0.5) is 22.8 Å². The zero-order valence-corrected chi connectivity index (χ0v) is 42.4. The maximum absolute atomic E-state index is 15.1. The molecule has 2 aliphatic carbocycles. The first kappa shape index (κ1) is 52.0. The van der Waals surface area contributed by atoms with Gasteiger partial charge in [0.25, 0.3) is 5.91 Å². The van der Waals surface area contributed by atoms with Crippen LogP contribution < -0.4 is 24.8 Å². The second-order valence-electron chi connectivity index (χ2n) is 22.0. The summed E-state index contributed by atoms with van der Waals surface area (Å²) < 4.78 is 97.1. The van der Waals surface area contributed by atoms with E-state index < -0.39 is 103 Å². The minimum Gasteiger partial charge on any atom is -0.490 e. The van der Waals surface area contributed by atoms with E-state index in [2.05, 4.69) is 20.3 Å². The molecule has 1 aromatic carbocycles. The molecule has 390 valence electrons. The first-order chi connectivity index (χ1) is 33.2. The monoisotopic (exact) mass is 1020 g/mol. The summed E-state index contributed by atoms with van der Waals surface area (Å²) in [6.45, 7) is 12.8. The second-order valence-corrected chi connectivity index (χ2v) is 24.2. The first-order valence-electron chi connectivity index (χ1n) is 24.9. The maximum Gasteiger partial charge on any atom is 0.437 e. The fourth-order valence-electron chi connectivity index (χ4n) is 9.93. The number of nitrogens with zero attached hydrogens (tertiary/aromatic N) is 3. The molecular formula is C50H67F3N6O11S. The summed E-state index contributed by atoms with van der Waals surface area (Å²) in [5.41, 5.74) is -4.95. The lowest BCUT2D eigenvalue weighted by Crippen LogP contribution is -2.58. The number of piperidine rings is 1. The topological polar surface area (TPSA) is 212 Å². The fourth-order valence-corrected chi connectivity index (χ4v) is 11.2. The number of nitrogens with one attached hydrogen (secondary N) is 3. The van der Waals surface area contributed by atoms with Crippen molar-refractivity contribution in [3.05, 3.63) is 41.6 Å². The van der Waals surface area contributed by atoms with Gasteiger partial charge < -0.3 is 39.4 Å². The molecule has 2 saturated heterocycles. The van der Waals surface area contributed by atoms with Crippen molar-refractivity contribution in [3.8, 4) is 11.5 Å². The van der Waals surface area contributed by atoms with E-state index in [1.807, 2.05) is 19.9 Å². The number of halogens is 3. The van der Waals surface area contributed by atoms with Crippen LogP contribution in [0.15, 0.2) is 30.4 Å². The number of amides is 5. The molecule has 17 nitrogen and oxygen atoms in total. The quantitative estimate of drug-likeness (QED) is 0.224. The lowest BCUT2D eigenvalue weighted by Gasteiger charge is -2.37. The van der Waals surface area contributed by atoms with Gasteiger partial charge in [-0.15, -0.1) is 0 Å². The minimum atomic E-state index is -4.99. The molecule has 4 aliphatic heterocycles. The number of hydrogen-bond donors (Lipinski definition) is 3. The third kappa shape index (κ3) is 11.2. The third-order valence-electron chi connectivity index (χ3n) is 15.0. The van der Waals surface area contributed by atoms with Gasteiger partial charge in [-0.05, 0) is 110 Å². The number of carbonyl (C=O) groups is 5. The summed E-state index contributed by atoms with van der Waals surface area (Å²) in [5.74, 6) is -3.24. The number of pyridine rings is 1. The van der Waals surface area contributed by atoms with Crippen molar-refractivity contribution in [2.45, 2.75) is 184 Å². The predicted molar refractivity (Wildman–Crippen MR) is 254 cm³/mol.